The van der Waals surface area contributed by atoms with Gasteiger partial charge in [-0.05, 0) is 49.8 Å². The maximum absolute atomic E-state index is 12.6. The van der Waals surface area contributed by atoms with Crippen molar-refractivity contribution in [1.29, 1.82) is 0 Å². The molecule has 0 aliphatic heterocycles. The van der Waals surface area contributed by atoms with Gasteiger partial charge in [-0.15, -0.1) is 0 Å². The number of amides is 1. The Bertz CT molecular complexity index is 454. The van der Waals surface area contributed by atoms with E-state index in [1.807, 2.05) is 36.2 Å². The van der Waals surface area contributed by atoms with Crippen LogP contribution in [0.25, 0.3) is 0 Å². The van der Waals surface area contributed by atoms with Crippen molar-refractivity contribution in [3.8, 4) is 0 Å². The zero-order chi connectivity index (χ0) is 14.6. The summed E-state index contributed by atoms with van der Waals surface area (Å²) in [4.78, 5) is 14.5. The van der Waals surface area contributed by atoms with Gasteiger partial charge < -0.3 is 10.0 Å². The van der Waals surface area contributed by atoms with Crippen LogP contribution in [0.2, 0.25) is 5.02 Å². The topological polar surface area (TPSA) is 40.5 Å². The Hall–Kier alpha value is -1.06. The average Bonchev–Trinajstić information content (AvgIpc) is 3.25. The van der Waals surface area contributed by atoms with Crippen LogP contribution in [0.4, 0.5) is 0 Å². The van der Waals surface area contributed by atoms with E-state index < -0.39 is 0 Å². The molecule has 0 atom stereocenters. The van der Waals surface area contributed by atoms with Gasteiger partial charge in [0.25, 0.3) is 0 Å². The second-order valence-electron chi connectivity index (χ2n) is 5.60. The van der Waals surface area contributed by atoms with E-state index in [9.17, 15) is 4.79 Å². The Kier molecular flexibility index (Phi) is 5.06. The van der Waals surface area contributed by atoms with Crippen molar-refractivity contribution in [2.24, 2.45) is 0 Å². The van der Waals surface area contributed by atoms with E-state index in [0.29, 0.717) is 5.02 Å². The van der Waals surface area contributed by atoms with Gasteiger partial charge in [-0.1, -0.05) is 23.7 Å². The van der Waals surface area contributed by atoms with Crippen LogP contribution < -0.4 is 0 Å². The largest absolute Gasteiger partial charge is 0.396 e. The lowest BCUT2D eigenvalue weighted by atomic mass is 9.94. The lowest BCUT2D eigenvalue weighted by molar-refractivity contribution is -0.132. The minimum Gasteiger partial charge on any atom is -0.396 e. The van der Waals surface area contributed by atoms with Crippen molar-refractivity contribution < 1.29 is 9.90 Å². The molecule has 1 aromatic carbocycles. The Balaban J connectivity index is 1.95. The summed E-state index contributed by atoms with van der Waals surface area (Å²) in [6, 6.07) is 7.64. The molecule has 1 amide bonds. The van der Waals surface area contributed by atoms with Gasteiger partial charge in [0.2, 0.25) is 5.91 Å². The number of unbranched alkanes of at least 4 members (excludes halogenated alkanes) is 2. The lowest BCUT2D eigenvalue weighted by Crippen LogP contribution is -2.37. The number of hydrogen-bond donors (Lipinski definition) is 1. The van der Waals surface area contributed by atoms with Gasteiger partial charge >= 0.3 is 0 Å². The fourth-order valence-corrected chi connectivity index (χ4v) is 2.75. The van der Waals surface area contributed by atoms with Gasteiger partial charge in [0, 0.05) is 25.2 Å². The molecule has 0 bridgehead atoms. The molecule has 3 nitrogen and oxygen atoms in total. The molecular formula is C16H22ClNO2. The Morgan fingerprint density at radius 3 is 2.45 bits per heavy atom. The molecule has 2 rings (SSSR count). The number of aliphatic hydroxyl groups excluding tert-OH is 1. The third kappa shape index (κ3) is 3.33. The summed E-state index contributed by atoms with van der Waals surface area (Å²) >= 11 is 5.91. The molecule has 110 valence electrons. The summed E-state index contributed by atoms with van der Waals surface area (Å²) in [5, 5.41) is 9.46. The quantitative estimate of drug-likeness (QED) is 0.786. The summed E-state index contributed by atoms with van der Waals surface area (Å²) in [5.41, 5.74) is 0.769. The van der Waals surface area contributed by atoms with Gasteiger partial charge in [0.05, 0.1) is 5.41 Å². The van der Waals surface area contributed by atoms with Gasteiger partial charge in [-0.2, -0.15) is 0 Å². The van der Waals surface area contributed by atoms with Gasteiger partial charge in [0.15, 0.2) is 0 Å². The van der Waals surface area contributed by atoms with Crippen LogP contribution in [0.1, 0.15) is 37.7 Å². The number of hydrogen-bond acceptors (Lipinski definition) is 2. The van der Waals surface area contributed by atoms with E-state index >= 15 is 0 Å². The third-order valence-corrected chi connectivity index (χ3v) is 4.31. The molecule has 0 radical (unpaired) electrons. The van der Waals surface area contributed by atoms with Crippen molar-refractivity contribution in [3.05, 3.63) is 34.9 Å². The van der Waals surface area contributed by atoms with Crippen LogP contribution in [-0.4, -0.2) is 36.1 Å². The molecule has 1 fully saturated rings. The predicted octanol–water partition coefficient (Wildman–Crippen LogP) is 2.99. The van der Waals surface area contributed by atoms with Crippen molar-refractivity contribution >= 4 is 17.5 Å². The summed E-state index contributed by atoms with van der Waals surface area (Å²) in [7, 11) is 1.87. The normalized spacial score (nSPS) is 15.9. The second-order valence-corrected chi connectivity index (χ2v) is 6.04. The first kappa shape index (κ1) is 15.3. The van der Waals surface area contributed by atoms with Crippen molar-refractivity contribution in [2.45, 2.75) is 37.5 Å². The van der Waals surface area contributed by atoms with E-state index in [1.54, 1.807) is 0 Å². The van der Waals surface area contributed by atoms with Crippen LogP contribution in [0.5, 0.6) is 0 Å². The van der Waals surface area contributed by atoms with Crippen molar-refractivity contribution in [1.82, 2.24) is 4.90 Å². The first-order chi connectivity index (χ1) is 9.60. The smallest absolute Gasteiger partial charge is 0.232 e. The highest BCUT2D eigenvalue weighted by Crippen LogP contribution is 2.49. The Morgan fingerprint density at radius 1 is 1.25 bits per heavy atom. The molecule has 1 N–H and O–H groups in total. The Morgan fingerprint density at radius 2 is 1.90 bits per heavy atom. The highest BCUT2D eigenvalue weighted by atomic mass is 35.5. The number of rotatable bonds is 7. The number of carbonyl (C=O) groups excluding carboxylic acids is 1. The number of halogens is 1. The van der Waals surface area contributed by atoms with Crippen LogP contribution >= 0.6 is 11.6 Å². The van der Waals surface area contributed by atoms with E-state index in [4.69, 9.17) is 16.7 Å². The van der Waals surface area contributed by atoms with E-state index in [2.05, 4.69) is 0 Å². The fourth-order valence-electron chi connectivity index (χ4n) is 2.62. The molecule has 0 unspecified atom stereocenters. The molecule has 0 aromatic heterocycles. The van der Waals surface area contributed by atoms with Gasteiger partial charge in [-0.25, -0.2) is 0 Å². The minimum atomic E-state index is -0.309. The second kappa shape index (κ2) is 6.59. The molecule has 0 heterocycles. The van der Waals surface area contributed by atoms with E-state index in [-0.39, 0.29) is 17.9 Å². The molecule has 4 heteroatoms. The third-order valence-electron chi connectivity index (χ3n) is 4.05. The molecule has 1 aliphatic rings. The average molecular weight is 296 g/mol. The monoisotopic (exact) mass is 295 g/mol. The van der Waals surface area contributed by atoms with Crippen LogP contribution in [0.3, 0.4) is 0 Å². The maximum Gasteiger partial charge on any atom is 0.232 e. The molecule has 0 saturated heterocycles. The number of aliphatic hydroxyl groups is 1. The SMILES string of the molecule is CN(CCCCCO)C(=O)C1(c2ccc(Cl)cc2)CC1. The summed E-state index contributed by atoms with van der Waals surface area (Å²) in [6.45, 7) is 0.987. The van der Waals surface area contributed by atoms with Crippen LogP contribution in [-0.2, 0) is 10.2 Å². The number of benzene rings is 1. The molecule has 1 aromatic rings. The zero-order valence-corrected chi connectivity index (χ0v) is 12.7. The lowest BCUT2D eigenvalue weighted by Gasteiger charge is -2.24. The summed E-state index contributed by atoms with van der Waals surface area (Å²) in [6.07, 6.45) is 4.56. The first-order valence-corrected chi connectivity index (χ1v) is 7.60. The standard InChI is InChI=1S/C16H22ClNO2/c1-18(11-3-2-4-12-19)15(20)16(9-10-16)13-5-7-14(17)8-6-13/h5-8,19H,2-4,9-12H2,1H3. The van der Waals surface area contributed by atoms with Crippen molar-refractivity contribution in [2.75, 3.05) is 20.2 Å². The highest BCUT2D eigenvalue weighted by molar-refractivity contribution is 6.30. The van der Waals surface area contributed by atoms with E-state index in [0.717, 1.165) is 44.2 Å². The summed E-state index contributed by atoms with van der Waals surface area (Å²) < 4.78 is 0. The number of carbonyl (C=O) groups is 1. The zero-order valence-electron chi connectivity index (χ0n) is 11.9. The summed E-state index contributed by atoms with van der Waals surface area (Å²) in [5.74, 6) is 0.212. The molecule has 20 heavy (non-hydrogen) atoms. The van der Waals surface area contributed by atoms with Crippen LogP contribution in [0, 0.1) is 0 Å². The molecule has 1 aliphatic carbocycles. The molecule has 1 saturated carbocycles. The van der Waals surface area contributed by atoms with Crippen LogP contribution in [0.15, 0.2) is 24.3 Å². The molecule has 0 spiro atoms. The number of likely N-dealkylation sites (N-methyl/N-ethyl adjacent to an activating group) is 1. The van der Waals surface area contributed by atoms with E-state index in [1.165, 1.54) is 0 Å². The molecular weight excluding hydrogens is 274 g/mol. The highest BCUT2D eigenvalue weighted by Gasteiger charge is 2.52. The van der Waals surface area contributed by atoms with Gasteiger partial charge in [0.1, 0.15) is 0 Å². The first-order valence-electron chi connectivity index (χ1n) is 7.22. The van der Waals surface area contributed by atoms with Gasteiger partial charge in [-0.3, -0.25) is 4.79 Å². The number of nitrogens with zero attached hydrogens (tertiary/aromatic N) is 1. The van der Waals surface area contributed by atoms with Crippen molar-refractivity contribution in [3.63, 3.8) is 0 Å². The maximum atomic E-state index is 12.6. The fraction of sp³-hybridized carbons (Fsp3) is 0.562. The minimum absolute atomic E-state index is 0.212. The Labute approximate surface area is 125 Å². The predicted molar refractivity (Wildman–Crippen MR) is 80.9 cm³/mol.